The quantitative estimate of drug-likeness (QED) is 0.902. The van der Waals surface area contributed by atoms with E-state index in [0.717, 1.165) is 31.1 Å². The van der Waals surface area contributed by atoms with Crippen molar-refractivity contribution < 1.29 is 4.74 Å². The molecule has 3 heteroatoms. The molecule has 0 spiro atoms. The van der Waals surface area contributed by atoms with E-state index in [1.807, 2.05) is 0 Å². The Kier molecular flexibility index (Phi) is 3.28. The van der Waals surface area contributed by atoms with Crippen molar-refractivity contribution in [3.63, 3.8) is 0 Å². The lowest BCUT2D eigenvalue weighted by Crippen LogP contribution is -2.22. The van der Waals surface area contributed by atoms with E-state index in [1.54, 1.807) is 0 Å². The van der Waals surface area contributed by atoms with Crippen LogP contribution in [0.5, 0.6) is 5.75 Å². The molecule has 1 fully saturated rings. The van der Waals surface area contributed by atoms with E-state index in [2.05, 4.69) is 59.2 Å². The number of rotatable bonds is 4. The number of hydrogen-bond donors (Lipinski definition) is 2. The Morgan fingerprint density at radius 1 is 1.10 bits per heavy atom. The predicted molar refractivity (Wildman–Crippen MR) is 84.9 cm³/mol. The van der Waals surface area contributed by atoms with Gasteiger partial charge in [0.1, 0.15) is 12.4 Å². The Bertz CT molecular complexity index is 626. The number of hydrogen-bond acceptors (Lipinski definition) is 3. The number of nitrogens with one attached hydrogen (secondary N) is 2. The molecule has 21 heavy (non-hydrogen) atoms. The molecular weight excluding hydrogens is 260 g/mol. The van der Waals surface area contributed by atoms with Crippen molar-refractivity contribution in [1.29, 1.82) is 0 Å². The summed E-state index contributed by atoms with van der Waals surface area (Å²) in [5.74, 6) is 1.69. The van der Waals surface area contributed by atoms with Crippen LogP contribution < -0.4 is 15.4 Å². The minimum Gasteiger partial charge on any atom is -0.489 e. The average molecular weight is 280 g/mol. The summed E-state index contributed by atoms with van der Waals surface area (Å²) in [5.41, 5.74) is 3.82. The molecule has 0 amide bonds. The van der Waals surface area contributed by atoms with Gasteiger partial charge in [0.05, 0.1) is 5.69 Å². The Morgan fingerprint density at radius 3 is 2.90 bits per heavy atom. The second-order valence-corrected chi connectivity index (χ2v) is 5.81. The third-order valence-electron chi connectivity index (χ3n) is 4.33. The Hall–Kier alpha value is -2.00. The van der Waals surface area contributed by atoms with Crippen LogP contribution in [0.25, 0.3) is 0 Å². The zero-order valence-electron chi connectivity index (χ0n) is 12.0. The standard InChI is InChI=1S/C18H20N2O/c1-2-5-13(6-3-1)15-11-17(15)20-12-14-7-4-8-16-18(14)21-10-9-19-16/h1-8,15,17,19-20H,9-12H2. The number of anilines is 1. The molecule has 0 saturated heterocycles. The molecule has 2 aromatic carbocycles. The molecule has 0 radical (unpaired) electrons. The number of ether oxygens (including phenoxy) is 1. The van der Waals surface area contributed by atoms with Crippen molar-refractivity contribution in [2.24, 2.45) is 0 Å². The summed E-state index contributed by atoms with van der Waals surface area (Å²) in [6.07, 6.45) is 1.23. The van der Waals surface area contributed by atoms with Gasteiger partial charge < -0.3 is 15.4 Å². The summed E-state index contributed by atoms with van der Waals surface area (Å²) in [6.45, 7) is 2.52. The number of fused-ring (bicyclic) bond motifs is 1. The molecule has 1 aliphatic heterocycles. The predicted octanol–water partition coefficient (Wildman–Crippen LogP) is 3.14. The van der Waals surface area contributed by atoms with Crippen LogP contribution >= 0.6 is 0 Å². The first-order chi connectivity index (χ1) is 10.4. The topological polar surface area (TPSA) is 33.3 Å². The smallest absolute Gasteiger partial charge is 0.146 e. The van der Waals surface area contributed by atoms with Crippen LogP contribution in [0.3, 0.4) is 0 Å². The first kappa shape index (κ1) is 12.7. The van der Waals surface area contributed by atoms with Gasteiger partial charge in [0, 0.05) is 30.6 Å². The van der Waals surface area contributed by atoms with E-state index >= 15 is 0 Å². The van der Waals surface area contributed by atoms with Gasteiger partial charge in [-0.2, -0.15) is 0 Å². The SMILES string of the molecule is c1ccc(C2CC2NCc2cccc3c2OCCN3)cc1. The Labute approximate surface area is 125 Å². The van der Waals surface area contributed by atoms with Crippen LogP contribution in [-0.4, -0.2) is 19.2 Å². The van der Waals surface area contributed by atoms with E-state index in [9.17, 15) is 0 Å². The van der Waals surface area contributed by atoms with E-state index in [-0.39, 0.29) is 0 Å². The molecule has 0 aromatic heterocycles. The largest absolute Gasteiger partial charge is 0.489 e. The zero-order valence-corrected chi connectivity index (χ0v) is 12.0. The molecule has 2 atom stereocenters. The van der Waals surface area contributed by atoms with Gasteiger partial charge in [0.15, 0.2) is 0 Å². The van der Waals surface area contributed by atoms with Crippen molar-refractivity contribution in [2.75, 3.05) is 18.5 Å². The van der Waals surface area contributed by atoms with Gasteiger partial charge in [-0.05, 0) is 18.1 Å². The van der Waals surface area contributed by atoms with Crippen LogP contribution in [-0.2, 0) is 6.54 Å². The number of para-hydroxylation sites is 1. The van der Waals surface area contributed by atoms with E-state index in [1.165, 1.54) is 17.5 Å². The van der Waals surface area contributed by atoms with Crippen LogP contribution in [0.4, 0.5) is 5.69 Å². The highest BCUT2D eigenvalue weighted by Gasteiger charge is 2.37. The second kappa shape index (κ2) is 5.41. The molecule has 0 bridgehead atoms. The molecule has 2 N–H and O–H groups in total. The van der Waals surface area contributed by atoms with Crippen molar-refractivity contribution in [3.05, 3.63) is 59.7 Å². The first-order valence-corrected chi connectivity index (χ1v) is 7.69. The van der Waals surface area contributed by atoms with Gasteiger partial charge in [-0.25, -0.2) is 0 Å². The molecule has 2 unspecified atom stereocenters. The van der Waals surface area contributed by atoms with Gasteiger partial charge >= 0.3 is 0 Å². The Balaban J connectivity index is 1.40. The Morgan fingerprint density at radius 2 is 2.00 bits per heavy atom. The summed E-state index contributed by atoms with van der Waals surface area (Å²) in [5, 5.41) is 7.05. The van der Waals surface area contributed by atoms with Crippen molar-refractivity contribution in [1.82, 2.24) is 5.32 Å². The molecule has 2 aliphatic rings. The second-order valence-electron chi connectivity index (χ2n) is 5.81. The fraction of sp³-hybridized carbons (Fsp3) is 0.333. The average Bonchev–Trinajstić information content (AvgIpc) is 3.33. The van der Waals surface area contributed by atoms with Crippen molar-refractivity contribution in [2.45, 2.75) is 24.9 Å². The summed E-state index contributed by atoms with van der Waals surface area (Å²) < 4.78 is 5.82. The highest BCUT2D eigenvalue weighted by molar-refractivity contribution is 5.61. The summed E-state index contributed by atoms with van der Waals surface area (Å²) in [4.78, 5) is 0. The van der Waals surface area contributed by atoms with E-state index in [0.29, 0.717) is 12.0 Å². The lowest BCUT2D eigenvalue weighted by molar-refractivity contribution is 0.319. The third-order valence-corrected chi connectivity index (χ3v) is 4.33. The van der Waals surface area contributed by atoms with E-state index in [4.69, 9.17) is 4.74 Å². The molecule has 1 heterocycles. The summed E-state index contributed by atoms with van der Waals surface area (Å²) in [7, 11) is 0. The minimum atomic E-state index is 0.597. The molecule has 1 saturated carbocycles. The minimum absolute atomic E-state index is 0.597. The maximum atomic E-state index is 5.82. The fourth-order valence-electron chi connectivity index (χ4n) is 3.10. The van der Waals surface area contributed by atoms with Crippen LogP contribution in [0.1, 0.15) is 23.5 Å². The van der Waals surface area contributed by atoms with E-state index < -0.39 is 0 Å². The normalized spacial score (nSPS) is 22.9. The highest BCUT2D eigenvalue weighted by Crippen LogP contribution is 2.41. The van der Waals surface area contributed by atoms with Crippen molar-refractivity contribution >= 4 is 5.69 Å². The van der Waals surface area contributed by atoms with Crippen LogP contribution in [0.2, 0.25) is 0 Å². The first-order valence-electron chi connectivity index (χ1n) is 7.69. The number of benzene rings is 2. The maximum absolute atomic E-state index is 5.82. The van der Waals surface area contributed by atoms with Gasteiger partial charge in [0.2, 0.25) is 0 Å². The van der Waals surface area contributed by atoms with Crippen LogP contribution in [0, 0.1) is 0 Å². The van der Waals surface area contributed by atoms with Gasteiger partial charge in [-0.1, -0.05) is 42.5 Å². The van der Waals surface area contributed by atoms with Gasteiger partial charge in [0.25, 0.3) is 0 Å². The summed E-state index contributed by atoms with van der Waals surface area (Å²) in [6, 6.07) is 17.7. The maximum Gasteiger partial charge on any atom is 0.146 e. The molecule has 4 rings (SSSR count). The highest BCUT2D eigenvalue weighted by atomic mass is 16.5. The lowest BCUT2D eigenvalue weighted by atomic mass is 10.1. The molecule has 1 aliphatic carbocycles. The van der Waals surface area contributed by atoms with Gasteiger partial charge in [-0.15, -0.1) is 0 Å². The molecule has 108 valence electrons. The van der Waals surface area contributed by atoms with Gasteiger partial charge in [-0.3, -0.25) is 0 Å². The fourth-order valence-corrected chi connectivity index (χ4v) is 3.10. The van der Waals surface area contributed by atoms with Crippen molar-refractivity contribution in [3.8, 4) is 5.75 Å². The monoisotopic (exact) mass is 280 g/mol. The third kappa shape index (κ3) is 2.61. The lowest BCUT2D eigenvalue weighted by Gasteiger charge is -2.22. The van der Waals surface area contributed by atoms with Crippen LogP contribution in [0.15, 0.2) is 48.5 Å². The summed E-state index contributed by atoms with van der Waals surface area (Å²) >= 11 is 0. The zero-order chi connectivity index (χ0) is 14.1. The molecule has 3 nitrogen and oxygen atoms in total. The molecular formula is C18H20N2O. The molecule has 2 aromatic rings.